The number of methoxy groups -OCH3 is 2. The molecule has 7 nitrogen and oxygen atoms in total. The second-order valence-corrected chi connectivity index (χ2v) is 6.92. The van der Waals surface area contributed by atoms with E-state index in [0.29, 0.717) is 40.7 Å². The number of ketones is 1. The number of hydrogen-bond donors (Lipinski definition) is 1. The van der Waals surface area contributed by atoms with E-state index in [2.05, 4.69) is 10.1 Å². The van der Waals surface area contributed by atoms with Crippen LogP contribution in [0.1, 0.15) is 36.3 Å². The van der Waals surface area contributed by atoms with Crippen molar-refractivity contribution in [2.45, 2.75) is 26.7 Å². The van der Waals surface area contributed by atoms with E-state index < -0.39 is 12.2 Å². The summed E-state index contributed by atoms with van der Waals surface area (Å²) in [5, 5.41) is 3.20. The van der Waals surface area contributed by atoms with Crippen LogP contribution in [0.4, 0.5) is 15.3 Å². The van der Waals surface area contributed by atoms with Gasteiger partial charge in [0.15, 0.2) is 5.78 Å². The van der Waals surface area contributed by atoms with Crippen molar-refractivity contribution in [1.29, 1.82) is 0 Å². The molecule has 0 saturated heterocycles. The predicted molar refractivity (Wildman–Crippen MR) is 92.2 cm³/mol. The molecular formula is C18H20N2O5. The van der Waals surface area contributed by atoms with Gasteiger partial charge in [0.2, 0.25) is 0 Å². The van der Waals surface area contributed by atoms with Crippen molar-refractivity contribution in [3.8, 4) is 0 Å². The van der Waals surface area contributed by atoms with E-state index in [1.165, 1.54) is 18.8 Å². The van der Waals surface area contributed by atoms with Crippen LogP contribution in [-0.4, -0.2) is 36.8 Å². The zero-order chi connectivity index (χ0) is 18.4. The first-order valence-electron chi connectivity index (χ1n) is 7.91. The summed E-state index contributed by atoms with van der Waals surface area (Å²) in [6, 6.07) is 5.02. The first kappa shape index (κ1) is 17.0. The van der Waals surface area contributed by atoms with Crippen LogP contribution in [-0.2, 0) is 15.9 Å². The molecule has 0 bridgehead atoms. The quantitative estimate of drug-likeness (QED) is 0.854. The van der Waals surface area contributed by atoms with Gasteiger partial charge in [0.25, 0.3) is 0 Å². The number of carbonyl (C=O) groups excluding carboxylic acids is 3. The topological polar surface area (TPSA) is 86.6 Å². The summed E-state index contributed by atoms with van der Waals surface area (Å²) in [4.78, 5) is 36.5. The average molecular weight is 344 g/mol. The van der Waals surface area contributed by atoms with E-state index in [0.717, 1.165) is 0 Å². The summed E-state index contributed by atoms with van der Waals surface area (Å²) in [6.45, 7) is 3.99. The number of hydrogen-bond acceptors (Lipinski definition) is 5. The van der Waals surface area contributed by atoms with Gasteiger partial charge in [-0.1, -0.05) is 13.8 Å². The van der Waals surface area contributed by atoms with Crippen molar-refractivity contribution >= 4 is 34.6 Å². The Hall–Kier alpha value is -2.83. The van der Waals surface area contributed by atoms with Crippen molar-refractivity contribution in [2.24, 2.45) is 5.41 Å². The number of Topliss-reactive ketones (excluding diaryl/α,β-unsaturated/α-hetero) is 1. The standard InChI is InChI=1S/C18H20N2O5/c1-18(2)8-13-15(14(21)9-18)11-7-10(19-16(22)24-3)5-6-12(11)20(13)17(23)25-4/h5-7H,8-9H2,1-4H3,(H,19,22). The van der Waals surface area contributed by atoms with Crippen molar-refractivity contribution in [3.05, 3.63) is 29.5 Å². The van der Waals surface area contributed by atoms with Gasteiger partial charge < -0.3 is 9.47 Å². The van der Waals surface area contributed by atoms with Crippen LogP contribution in [0.2, 0.25) is 0 Å². The molecule has 2 aromatic rings. The summed E-state index contributed by atoms with van der Waals surface area (Å²) in [5.41, 5.74) is 2.00. The molecule has 0 spiro atoms. The smallest absolute Gasteiger partial charge is 0.418 e. The van der Waals surface area contributed by atoms with Gasteiger partial charge in [0, 0.05) is 28.8 Å². The van der Waals surface area contributed by atoms with E-state index in [9.17, 15) is 14.4 Å². The van der Waals surface area contributed by atoms with Crippen molar-refractivity contribution < 1.29 is 23.9 Å². The Balaban J connectivity index is 2.26. The fourth-order valence-electron chi connectivity index (χ4n) is 3.41. The molecule has 1 N–H and O–H groups in total. The summed E-state index contributed by atoms with van der Waals surface area (Å²) in [5.74, 6) is -0.0193. The number of anilines is 1. The van der Waals surface area contributed by atoms with Gasteiger partial charge >= 0.3 is 12.2 Å². The molecular weight excluding hydrogens is 324 g/mol. The van der Waals surface area contributed by atoms with Gasteiger partial charge in [-0.25, -0.2) is 14.2 Å². The number of aromatic nitrogens is 1. The highest BCUT2D eigenvalue weighted by molar-refractivity contribution is 6.13. The Labute approximate surface area is 144 Å². The zero-order valence-electron chi connectivity index (χ0n) is 14.6. The third-order valence-electron chi connectivity index (χ3n) is 4.42. The summed E-state index contributed by atoms with van der Waals surface area (Å²) >= 11 is 0. The number of amides is 1. The molecule has 0 fully saturated rings. The van der Waals surface area contributed by atoms with E-state index in [4.69, 9.17) is 4.74 Å². The molecule has 0 atom stereocenters. The lowest BCUT2D eigenvalue weighted by Gasteiger charge is -2.29. The van der Waals surface area contributed by atoms with Crippen LogP contribution in [0, 0.1) is 5.41 Å². The van der Waals surface area contributed by atoms with Gasteiger partial charge in [-0.05, 0) is 30.0 Å². The van der Waals surface area contributed by atoms with Gasteiger partial charge in [0.1, 0.15) is 0 Å². The fourth-order valence-corrected chi connectivity index (χ4v) is 3.41. The monoisotopic (exact) mass is 344 g/mol. The Morgan fingerprint density at radius 3 is 2.52 bits per heavy atom. The molecule has 0 unspecified atom stereocenters. The van der Waals surface area contributed by atoms with E-state index in [-0.39, 0.29) is 11.2 Å². The Morgan fingerprint density at radius 1 is 1.16 bits per heavy atom. The van der Waals surface area contributed by atoms with Crippen LogP contribution in [0.15, 0.2) is 18.2 Å². The minimum Gasteiger partial charge on any atom is -0.453 e. The van der Waals surface area contributed by atoms with E-state index in [1.54, 1.807) is 18.2 Å². The number of carbonyl (C=O) groups is 3. The van der Waals surface area contributed by atoms with Crippen molar-refractivity contribution in [3.63, 3.8) is 0 Å². The van der Waals surface area contributed by atoms with Crippen molar-refractivity contribution in [1.82, 2.24) is 4.57 Å². The molecule has 132 valence electrons. The predicted octanol–water partition coefficient (Wildman–Crippen LogP) is 3.59. The molecule has 3 rings (SSSR count). The molecule has 25 heavy (non-hydrogen) atoms. The molecule has 0 aliphatic heterocycles. The molecule has 1 aromatic carbocycles. The van der Waals surface area contributed by atoms with Crippen LogP contribution >= 0.6 is 0 Å². The van der Waals surface area contributed by atoms with Crippen LogP contribution in [0.3, 0.4) is 0 Å². The SMILES string of the molecule is COC(=O)Nc1ccc2c(c1)c1c(n2C(=O)OC)CC(C)(C)CC1=O. The maximum Gasteiger partial charge on any atom is 0.418 e. The normalized spacial score (nSPS) is 15.6. The van der Waals surface area contributed by atoms with Crippen molar-refractivity contribution in [2.75, 3.05) is 19.5 Å². The van der Waals surface area contributed by atoms with Crippen LogP contribution in [0.25, 0.3) is 10.9 Å². The number of fused-ring (bicyclic) bond motifs is 3. The summed E-state index contributed by atoms with van der Waals surface area (Å²) < 4.78 is 10.9. The number of ether oxygens (including phenoxy) is 2. The molecule has 7 heteroatoms. The lowest BCUT2D eigenvalue weighted by molar-refractivity contribution is 0.0912. The minimum absolute atomic E-state index is 0.0193. The maximum atomic E-state index is 12.8. The maximum absolute atomic E-state index is 12.8. The van der Waals surface area contributed by atoms with E-state index in [1.807, 2.05) is 13.8 Å². The average Bonchev–Trinajstić information content (AvgIpc) is 2.86. The zero-order valence-corrected chi connectivity index (χ0v) is 14.6. The first-order chi connectivity index (χ1) is 11.8. The Bertz CT molecular complexity index is 894. The number of nitrogens with zero attached hydrogens (tertiary/aromatic N) is 1. The molecule has 1 aromatic heterocycles. The molecule has 1 amide bonds. The number of rotatable bonds is 1. The molecule has 0 radical (unpaired) electrons. The second-order valence-electron chi connectivity index (χ2n) is 6.92. The highest BCUT2D eigenvalue weighted by Gasteiger charge is 2.37. The number of nitrogens with one attached hydrogen (secondary N) is 1. The minimum atomic E-state index is -0.604. The lowest BCUT2D eigenvalue weighted by atomic mass is 9.75. The summed E-state index contributed by atoms with van der Waals surface area (Å²) in [7, 11) is 2.58. The highest BCUT2D eigenvalue weighted by Crippen LogP contribution is 2.40. The van der Waals surface area contributed by atoms with Gasteiger partial charge in [-0.2, -0.15) is 0 Å². The number of benzene rings is 1. The summed E-state index contributed by atoms with van der Waals surface area (Å²) in [6.07, 6.45) is -0.162. The second kappa shape index (κ2) is 5.91. The fraction of sp³-hybridized carbons (Fsp3) is 0.389. The third-order valence-corrected chi connectivity index (χ3v) is 4.42. The third kappa shape index (κ3) is 2.86. The first-order valence-corrected chi connectivity index (χ1v) is 7.91. The Kier molecular flexibility index (Phi) is 4.02. The van der Waals surface area contributed by atoms with Crippen LogP contribution < -0.4 is 5.32 Å². The molecule has 1 aliphatic rings. The molecule has 1 aliphatic carbocycles. The van der Waals surface area contributed by atoms with Crippen LogP contribution in [0.5, 0.6) is 0 Å². The molecule has 0 saturated carbocycles. The van der Waals surface area contributed by atoms with Gasteiger partial charge in [0.05, 0.1) is 19.7 Å². The lowest BCUT2D eigenvalue weighted by Crippen LogP contribution is -2.29. The largest absolute Gasteiger partial charge is 0.453 e. The van der Waals surface area contributed by atoms with Gasteiger partial charge in [-0.3, -0.25) is 10.1 Å². The molecule has 1 heterocycles. The van der Waals surface area contributed by atoms with Gasteiger partial charge in [-0.15, -0.1) is 0 Å². The highest BCUT2D eigenvalue weighted by atomic mass is 16.5. The Morgan fingerprint density at radius 2 is 1.88 bits per heavy atom. The van der Waals surface area contributed by atoms with E-state index >= 15 is 0 Å².